The van der Waals surface area contributed by atoms with Crippen LogP contribution in [0.4, 0.5) is 5.69 Å². The van der Waals surface area contributed by atoms with Gasteiger partial charge in [-0.05, 0) is 19.9 Å². The number of piperazine rings is 1. The highest BCUT2D eigenvalue weighted by Crippen LogP contribution is 2.14. The van der Waals surface area contributed by atoms with E-state index in [-0.39, 0.29) is 5.91 Å². The van der Waals surface area contributed by atoms with E-state index in [9.17, 15) is 9.90 Å². The Labute approximate surface area is 119 Å². The van der Waals surface area contributed by atoms with Crippen LogP contribution in [-0.4, -0.2) is 63.7 Å². The fourth-order valence-electron chi connectivity index (χ4n) is 2.62. The number of rotatable bonds is 3. The summed E-state index contributed by atoms with van der Waals surface area (Å²) in [6.07, 6.45) is 1.75. The van der Waals surface area contributed by atoms with Gasteiger partial charge in [0.05, 0.1) is 11.3 Å². The highest BCUT2D eigenvalue weighted by atomic mass is 16.3. The average Bonchev–Trinajstić information content (AvgIpc) is 2.66. The number of carbonyl (C=O) groups is 1. The summed E-state index contributed by atoms with van der Waals surface area (Å²) in [5.41, 5.74) is 6.25. The first-order chi connectivity index (χ1) is 9.26. The van der Waals surface area contributed by atoms with Gasteiger partial charge in [-0.15, -0.1) is 0 Å². The number of nitrogens with two attached hydrogens (primary N) is 1. The number of amides is 1. The molecule has 1 saturated heterocycles. The van der Waals surface area contributed by atoms with E-state index < -0.39 is 5.60 Å². The molecule has 0 aromatic carbocycles. The van der Waals surface area contributed by atoms with Gasteiger partial charge in [0.25, 0.3) is 5.91 Å². The zero-order valence-corrected chi connectivity index (χ0v) is 12.5. The minimum Gasteiger partial charge on any atom is -0.397 e. The van der Waals surface area contributed by atoms with Crippen LogP contribution in [0.5, 0.6) is 0 Å². The monoisotopic (exact) mass is 280 g/mol. The Bertz CT molecular complexity index is 482. The number of β-amino-alcohol motifs (C(OH)–C–C–N with tert-alkyl or cyclic N) is 1. The summed E-state index contributed by atoms with van der Waals surface area (Å²) in [5.74, 6) is 0.0205. The minimum absolute atomic E-state index is 0.0205. The third-order valence-corrected chi connectivity index (χ3v) is 3.52. The van der Waals surface area contributed by atoms with Crippen LogP contribution in [0.2, 0.25) is 0 Å². The molecule has 1 aromatic heterocycles. The Morgan fingerprint density at radius 1 is 1.35 bits per heavy atom. The number of hydrogen-bond donors (Lipinski definition) is 2. The number of anilines is 1. The van der Waals surface area contributed by atoms with Gasteiger partial charge in [-0.1, -0.05) is 0 Å². The van der Waals surface area contributed by atoms with E-state index in [0.29, 0.717) is 31.0 Å². The van der Waals surface area contributed by atoms with Crippen molar-refractivity contribution in [2.24, 2.45) is 7.05 Å². The molecule has 0 spiro atoms. The van der Waals surface area contributed by atoms with Crippen molar-refractivity contribution in [2.75, 3.05) is 38.5 Å². The summed E-state index contributed by atoms with van der Waals surface area (Å²) in [5, 5.41) is 9.82. The lowest BCUT2D eigenvalue weighted by atomic mass is 10.1. The van der Waals surface area contributed by atoms with Crippen molar-refractivity contribution in [3.8, 4) is 0 Å². The number of aromatic nitrogens is 1. The van der Waals surface area contributed by atoms with Crippen molar-refractivity contribution in [1.29, 1.82) is 0 Å². The summed E-state index contributed by atoms with van der Waals surface area (Å²) in [6.45, 7) is 7.17. The maximum atomic E-state index is 12.4. The van der Waals surface area contributed by atoms with Crippen LogP contribution in [0.1, 0.15) is 24.3 Å². The second-order valence-corrected chi connectivity index (χ2v) is 6.15. The fourth-order valence-corrected chi connectivity index (χ4v) is 2.62. The molecule has 1 aliphatic rings. The molecule has 6 nitrogen and oxygen atoms in total. The number of nitrogens with zero attached hydrogens (tertiary/aromatic N) is 3. The summed E-state index contributed by atoms with van der Waals surface area (Å²) >= 11 is 0. The molecule has 1 fully saturated rings. The van der Waals surface area contributed by atoms with Gasteiger partial charge in [0, 0.05) is 46.0 Å². The maximum absolute atomic E-state index is 12.4. The molecule has 0 unspecified atom stereocenters. The number of hydrogen-bond acceptors (Lipinski definition) is 4. The Kier molecular flexibility index (Phi) is 4.06. The molecule has 2 rings (SSSR count). The average molecular weight is 280 g/mol. The molecule has 0 bridgehead atoms. The van der Waals surface area contributed by atoms with E-state index in [0.717, 1.165) is 13.1 Å². The van der Waals surface area contributed by atoms with Crippen LogP contribution >= 0.6 is 0 Å². The third kappa shape index (κ3) is 3.52. The number of carbonyl (C=O) groups excluding carboxylic acids is 1. The minimum atomic E-state index is -0.696. The number of nitrogen functional groups attached to an aromatic ring is 1. The second kappa shape index (κ2) is 5.46. The van der Waals surface area contributed by atoms with Crippen molar-refractivity contribution >= 4 is 11.6 Å². The topological polar surface area (TPSA) is 74.7 Å². The first-order valence-electron chi connectivity index (χ1n) is 6.92. The van der Waals surface area contributed by atoms with Crippen LogP contribution < -0.4 is 5.73 Å². The highest BCUT2D eigenvalue weighted by Gasteiger charge is 2.26. The predicted octanol–water partition coefficient (Wildman–Crippen LogP) is 0.136. The number of aryl methyl sites for hydroxylation is 1. The van der Waals surface area contributed by atoms with Crippen molar-refractivity contribution in [3.05, 3.63) is 18.0 Å². The Morgan fingerprint density at radius 3 is 2.40 bits per heavy atom. The molecule has 112 valence electrons. The normalized spacial score (nSPS) is 17.5. The zero-order chi connectivity index (χ0) is 14.9. The van der Waals surface area contributed by atoms with Gasteiger partial charge in [-0.3, -0.25) is 9.69 Å². The van der Waals surface area contributed by atoms with Crippen molar-refractivity contribution < 1.29 is 9.90 Å². The molecule has 0 saturated carbocycles. The van der Waals surface area contributed by atoms with Crippen molar-refractivity contribution in [3.63, 3.8) is 0 Å². The fraction of sp³-hybridized carbons (Fsp3) is 0.643. The summed E-state index contributed by atoms with van der Waals surface area (Å²) < 4.78 is 1.76. The van der Waals surface area contributed by atoms with Crippen LogP contribution in [-0.2, 0) is 7.05 Å². The van der Waals surface area contributed by atoms with E-state index in [1.807, 2.05) is 11.9 Å². The molecule has 0 radical (unpaired) electrons. The summed E-state index contributed by atoms with van der Waals surface area (Å²) in [4.78, 5) is 16.4. The number of aliphatic hydroxyl groups is 1. The van der Waals surface area contributed by atoms with Crippen molar-refractivity contribution in [1.82, 2.24) is 14.4 Å². The Balaban J connectivity index is 1.94. The summed E-state index contributed by atoms with van der Waals surface area (Å²) in [6, 6.07) is 1.71. The van der Waals surface area contributed by atoms with E-state index in [4.69, 9.17) is 5.73 Å². The lowest BCUT2D eigenvalue weighted by Crippen LogP contribution is -2.52. The van der Waals surface area contributed by atoms with E-state index in [2.05, 4.69) is 4.90 Å². The molecule has 1 amide bonds. The van der Waals surface area contributed by atoms with Gasteiger partial charge in [-0.2, -0.15) is 0 Å². The van der Waals surface area contributed by atoms with Gasteiger partial charge >= 0.3 is 0 Å². The molecule has 3 N–H and O–H groups in total. The van der Waals surface area contributed by atoms with Crippen LogP contribution in [0.3, 0.4) is 0 Å². The molecule has 1 aromatic rings. The van der Waals surface area contributed by atoms with E-state index in [1.54, 1.807) is 30.7 Å². The molecule has 2 heterocycles. The molecular weight excluding hydrogens is 256 g/mol. The molecule has 6 heteroatoms. The van der Waals surface area contributed by atoms with Crippen molar-refractivity contribution in [2.45, 2.75) is 19.4 Å². The standard InChI is InChI=1S/C14H24N4O2/c1-14(2,20)10-17-4-6-18(7-5-17)13(19)12-8-11(15)9-16(12)3/h8-9,20H,4-7,10,15H2,1-3H3. The Morgan fingerprint density at radius 2 is 1.95 bits per heavy atom. The third-order valence-electron chi connectivity index (χ3n) is 3.52. The lowest BCUT2D eigenvalue weighted by Gasteiger charge is -2.37. The largest absolute Gasteiger partial charge is 0.397 e. The predicted molar refractivity (Wildman–Crippen MR) is 78.5 cm³/mol. The van der Waals surface area contributed by atoms with Crippen LogP contribution in [0.25, 0.3) is 0 Å². The highest BCUT2D eigenvalue weighted by molar-refractivity contribution is 5.93. The van der Waals surface area contributed by atoms with E-state index in [1.165, 1.54) is 0 Å². The van der Waals surface area contributed by atoms with Gasteiger partial charge in [-0.25, -0.2) is 0 Å². The van der Waals surface area contributed by atoms with Gasteiger partial charge in [0.1, 0.15) is 5.69 Å². The SMILES string of the molecule is Cn1cc(N)cc1C(=O)N1CCN(CC(C)(C)O)CC1. The molecular formula is C14H24N4O2. The molecule has 20 heavy (non-hydrogen) atoms. The second-order valence-electron chi connectivity index (χ2n) is 6.15. The first-order valence-corrected chi connectivity index (χ1v) is 6.92. The summed E-state index contributed by atoms with van der Waals surface area (Å²) in [7, 11) is 1.83. The smallest absolute Gasteiger partial charge is 0.270 e. The molecule has 0 atom stereocenters. The molecule has 1 aliphatic heterocycles. The quantitative estimate of drug-likeness (QED) is 0.825. The van der Waals surface area contributed by atoms with Crippen LogP contribution in [0.15, 0.2) is 12.3 Å². The lowest BCUT2D eigenvalue weighted by molar-refractivity contribution is 0.0176. The van der Waals surface area contributed by atoms with Gasteiger partial charge in [0.2, 0.25) is 0 Å². The molecule has 0 aliphatic carbocycles. The van der Waals surface area contributed by atoms with E-state index >= 15 is 0 Å². The maximum Gasteiger partial charge on any atom is 0.270 e. The van der Waals surface area contributed by atoms with Crippen LogP contribution in [0, 0.1) is 0 Å². The first kappa shape index (κ1) is 14.9. The van der Waals surface area contributed by atoms with Gasteiger partial charge in [0.15, 0.2) is 0 Å². The zero-order valence-electron chi connectivity index (χ0n) is 12.5. The van der Waals surface area contributed by atoms with Gasteiger partial charge < -0.3 is 20.3 Å². The Hall–Kier alpha value is -1.53.